The first-order chi connectivity index (χ1) is 17.8. The number of benzene rings is 2. The minimum absolute atomic E-state index is 0.0582. The maximum absolute atomic E-state index is 14.1. The number of likely N-dealkylation sites (tertiary alicyclic amines) is 1. The monoisotopic (exact) mass is 522 g/mol. The third-order valence-corrected chi connectivity index (χ3v) is 7.10. The fraction of sp³-hybridized carbons (Fsp3) is 0.519. The molecule has 0 aromatic heterocycles. The number of hydrogen-bond acceptors (Lipinski definition) is 6. The van der Waals surface area contributed by atoms with E-state index in [4.69, 9.17) is 9.47 Å². The number of carbonyl (C=O) groups is 1. The van der Waals surface area contributed by atoms with Crippen LogP contribution in [0.2, 0.25) is 0 Å². The number of carbonyl (C=O) groups excluding carboxylic acids is 1. The summed E-state index contributed by atoms with van der Waals surface area (Å²) >= 11 is 0. The van der Waals surface area contributed by atoms with E-state index >= 15 is 0 Å². The molecule has 1 aliphatic heterocycles. The van der Waals surface area contributed by atoms with E-state index in [2.05, 4.69) is 10.2 Å². The number of aliphatic hydroxyl groups is 2. The number of nitrogens with one attached hydrogen (secondary N) is 1. The standard InChI is InChI=1S/C27H33F3N2O5/c28-19-8-6-18(7-9-19)16-37-27(26(35)31-10-13-32-11-1-2-12-32)14-23(33)25(34)24(15-27)36-17-20-21(29)4-3-5-22(20)30/h3-9,23-25,33-34H,1-2,10-17H2,(H,31,35)/t23-,24?,25-,27+/m1/s1. The molecule has 37 heavy (non-hydrogen) atoms. The molecule has 202 valence electrons. The minimum Gasteiger partial charge on any atom is -0.390 e. The highest BCUT2D eigenvalue weighted by molar-refractivity contribution is 5.85. The topological polar surface area (TPSA) is 91.3 Å². The van der Waals surface area contributed by atoms with Crippen LogP contribution in [0.1, 0.15) is 36.8 Å². The molecular formula is C27H33F3N2O5. The largest absolute Gasteiger partial charge is 0.390 e. The van der Waals surface area contributed by atoms with Crippen LogP contribution in [0.4, 0.5) is 13.2 Å². The van der Waals surface area contributed by atoms with Crippen molar-refractivity contribution in [3.05, 3.63) is 71.0 Å². The van der Waals surface area contributed by atoms with Gasteiger partial charge in [-0.15, -0.1) is 0 Å². The Labute approximate surface area is 214 Å². The van der Waals surface area contributed by atoms with E-state index in [1.807, 2.05) is 0 Å². The highest BCUT2D eigenvalue weighted by Crippen LogP contribution is 2.36. The molecule has 1 saturated carbocycles. The van der Waals surface area contributed by atoms with Crippen LogP contribution < -0.4 is 5.32 Å². The summed E-state index contributed by atoms with van der Waals surface area (Å²) in [5, 5.41) is 24.2. The van der Waals surface area contributed by atoms with Crippen molar-refractivity contribution in [1.29, 1.82) is 0 Å². The molecule has 1 saturated heterocycles. The summed E-state index contributed by atoms with van der Waals surface area (Å²) in [6.45, 7) is 2.41. The lowest BCUT2D eigenvalue weighted by Gasteiger charge is -2.44. The molecule has 4 atom stereocenters. The first-order valence-electron chi connectivity index (χ1n) is 12.6. The van der Waals surface area contributed by atoms with Gasteiger partial charge in [0.05, 0.1) is 25.4 Å². The fourth-order valence-corrected chi connectivity index (χ4v) is 4.92. The summed E-state index contributed by atoms with van der Waals surface area (Å²) < 4.78 is 53.3. The van der Waals surface area contributed by atoms with Crippen molar-refractivity contribution < 1.29 is 37.7 Å². The van der Waals surface area contributed by atoms with Gasteiger partial charge in [0.25, 0.3) is 5.91 Å². The van der Waals surface area contributed by atoms with Crippen molar-refractivity contribution in [3.63, 3.8) is 0 Å². The van der Waals surface area contributed by atoms with E-state index in [0.29, 0.717) is 18.7 Å². The van der Waals surface area contributed by atoms with E-state index < -0.39 is 53.9 Å². The normalized spacial score (nSPS) is 26.4. The molecule has 1 unspecified atom stereocenters. The van der Waals surface area contributed by atoms with E-state index in [-0.39, 0.29) is 25.0 Å². The zero-order chi connectivity index (χ0) is 26.4. The van der Waals surface area contributed by atoms with Crippen molar-refractivity contribution in [3.8, 4) is 0 Å². The molecule has 1 amide bonds. The minimum atomic E-state index is -1.59. The first-order valence-corrected chi connectivity index (χ1v) is 12.6. The molecule has 0 bridgehead atoms. The van der Waals surface area contributed by atoms with Crippen LogP contribution >= 0.6 is 0 Å². The van der Waals surface area contributed by atoms with Crippen LogP contribution in [-0.4, -0.2) is 71.1 Å². The van der Waals surface area contributed by atoms with Gasteiger partial charge < -0.3 is 29.9 Å². The van der Waals surface area contributed by atoms with Crippen LogP contribution in [0.5, 0.6) is 0 Å². The van der Waals surface area contributed by atoms with Crippen molar-refractivity contribution in [2.75, 3.05) is 26.2 Å². The van der Waals surface area contributed by atoms with Gasteiger partial charge in [0, 0.05) is 31.5 Å². The van der Waals surface area contributed by atoms with Crippen LogP contribution in [0.3, 0.4) is 0 Å². The van der Waals surface area contributed by atoms with Crippen LogP contribution in [-0.2, 0) is 27.5 Å². The second-order valence-corrected chi connectivity index (χ2v) is 9.73. The lowest BCUT2D eigenvalue weighted by molar-refractivity contribution is -0.200. The predicted molar refractivity (Wildman–Crippen MR) is 129 cm³/mol. The predicted octanol–water partition coefficient (Wildman–Crippen LogP) is 2.67. The Hall–Kier alpha value is -2.50. The van der Waals surface area contributed by atoms with E-state index in [9.17, 15) is 28.2 Å². The van der Waals surface area contributed by atoms with Gasteiger partial charge in [0.15, 0.2) is 5.60 Å². The van der Waals surface area contributed by atoms with Gasteiger partial charge in [0.2, 0.25) is 0 Å². The average Bonchev–Trinajstić information content (AvgIpc) is 3.39. The van der Waals surface area contributed by atoms with Crippen molar-refractivity contribution in [2.45, 2.75) is 62.8 Å². The Morgan fingerprint density at radius 3 is 2.35 bits per heavy atom. The molecule has 2 fully saturated rings. The zero-order valence-electron chi connectivity index (χ0n) is 20.5. The van der Waals surface area contributed by atoms with Gasteiger partial charge in [-0.2, -0.15) is 0 Å². The number of hydrogen-bond donors (Lipinski definition) is 3. The molecule has 7 nitrogen and oxygen atoms in total. The van der Waals surface area contributed by atoms with Gasteiger partial charge in [-0.1, -0.05) is 18.2 Å². The Balaban J connectivity index is 1.50. The van der Waals surface area contributed by atoms with Crippen molar-refractivity contribution in [1.82, 2.24) is 10.2 Å². The number of halogens is 3. The Morgan fingerprint density at radius 2 is 1.68 bits per heavy atom. The van der Waals surface area contributed by atoms with E-state index in [1.165, 1.54) is 30.3 Å². The SMILES string of the molecule is O=C(NCCN1CCCC1)[C@@]1(OCc2ccc(F)cc2)CC(OCc2c(F)cccc2F)[C@H](O)[C@H](O)C1. The Morgan fingerprint density at radius 1 is 1.00 bits per heavy atom. The van der Waals surface area contributed by atoms with Crippen LogP contribution in [0.15, 0.2) is 42.5 Å². The second-order valence-electron chi connectivity index (χ2n) is 9.73. The lowest BCUT2D eigenvalue weighted by atomic mass is 9.78. The fourth-order valence-electron chi connectivity index (χ4n) is 4.92. The van der Waals surface area contributed by atoms with Gasteiger partial charge in [0.1, 0.15) is 23.6 Å². The molecule has 2 aromatic carbocycles. The molecular weight excluding hydrogens is 489 g/mol. The van der Waals surface area contributed by atoms with Crippen LogP contribution in [0, 0.1) is 17.5 Å². The van der Waals surface area contributed by atoms with E-state index in [0.717, 1.165) is 38.1 Å². The third kappa shape index (κ3) is 6.88. The average molecular weight is 523 g/mol. The highest BCUT2D eigenvalue weighted by atomic mass is 19.1. The Bertz CT molecular complexity index is 1030. The van der Waals surface area contributed by atoms with Gasteiger partial charge >= 0.3 is 0 Å². The molecule has 3 N–H and O–H groups in total. The van der Waals surface area contributed by atoms with Gasteiger partial charge in [-0.05, 0) is 55.8 Å². The van der Waals surface area contributed by atoms with E-state index in [1.54, 1.807) is 0 Å². The quantitative estimate of drug-likeness (QED) is 0.445. The Kier molecular flexibility index (Phi) is 9.20. The number of aliphatic hydroxyl groups excluding tert-OH is 2. The summed E-state index contributed by atoms with van der Waals surface area (Å²) in [6.07, 6.45) is -2.05. The number of rotatable bonds is 10. The van der Waals surface area contributed by atoms with Gasteiger partial charge in [-0.25, -0.2) is 13.2 Å². The maximum Gasteiger partial charge on any atom is 0.252 e. The second kappa shape index (κ2) is 12.4. The summed E-state index contributed by atoms with van der Waals surface area (Å²) in [4.78, 5) is 15.7. The number of ether oxygens (including phenoxy) is 2. The summed E-state index contributed by atoms with van der Waals surface area (Å²) in [6, 6.07) is 9.02. The van der Waals surface area contributed by atoms with Crippen molar-refractivity contribution in [2.24, 2.45) is 0 Å². The maximum atomic E-state index is 14.1. The molecule has 1 heterocycles. The molecule has 2 aliphatic rings. The first kappa shape index (κ1) is 27.5. The summed E-state index contributed by atoms with van der Waals surface area (Å²) in [7, 11) is 0. The smallest absolute Gasteiger partial charge is 0.252 e. The number of amides is 1. The molecule has 0 radical (unpaired) electrons. The molecule has 0 spiro atoms. The highest BCUT2D eigenvalue weighted by Gasteiger charge is 2.51. The summed E-state index contributed by atoms with van der Waals surface area (Å²) in [5.74, 6) is -2.50. The molecule has 1 aliphatic carbocycles. The number of nitrogens with zero attached hydrogens (tertiary/aromatic N) is 1. The summed E-state index contributed by atoms with van der Waals surface area (Å²) in [5.41, 5.74) is -1.30. The molecule has 10 heteroatoms. The zero-order valence-corrected chi connectivity index (χ0v) is 20.5. The van der Waals surface area contributed by atoms with Crippen LogP contribution in [0.25, 0.3) is 0 Å². The third-order valence-electron chi connectivity index (χ3n) is 7.10. The van der Waals surface area contributed by atoms with Crippen molar-refractivity contribution >= 4 is 5.91 Å². The lowest BCUT2D eigenvalue weighted by Crippen LogP contribution is -2.61. The molecule has 4 rings (SSSR count). The molecule has 2 aromatic rings. The van der Waals surface area contributed by atoms with Gasteiger partial charge in [-0.3, -0.25) is 4.79 Å².